The summed E-state index contributed by atoms with van der Waals surface area (Å²) in [6.45, 7) is 11.4. The highest BCUT2D eigenvalue weighted by Crippen LogP contribution is 2.38. The van der Waals surface area contributed by atoms with E-state index < -0.39 is 14.4 Å². The van der Waals surface area contributed by atoms with Crippen LogP contribution in [0, 0.1) is 5.92 Å². The maximum Gasteiger partial charge on any atom is 0.261 e. The van der Waals surface area contributed by atoms with Crippen LogP contribution < -0.4 is 10.4 Å². The molecule has 0 amide bonds. The lowest BCUT2D eigenvalue weighted by molar-refractivity contribution is 0.124. The molecule has 0 saturated heterocycles. The Labute approximate surface area is 182 Å². The third-order valence-corrected chi connectivity index (χ3v) is 10.8. The van der Waals surface area contributed by atoms with Crippen molar-refractivity contribution in [2.45, 2.75) is 52.4 Å². The van der Waals surface area contributed by atoms with Crippen LogP contribution in [0.4, 0.5) is 0 Å². The van der Waals surface area contributed by atoms with E-state index in [0.29, 0.717) is 6.61 Å². The number of rotatable bonds is 7. The molecule has 0 aliphatic heterocycles. The number of benzene rings is 3. The van der Waals surface area contributed by atoms with Gasteiger partial charge < -0.3 is 9.53 Å². The highest BCUT2D eigenvalue weighted by molar-refractivity contribution is 6.99. The molecule has 0 aliphatic carbocycles. The van der Waals surface area contributed by atoms with Gasteiger partial charge in [-0.15, -0.1) is 0 Å². The molecule has 3 aromatic rings. The van der Waals surface area contributed by atoms with E-state index in [2.05, 4.69) is 87.5 Å². The van der Waals surface area contributed by atoms with Crippen LogP contribution in [0.15, 0.2) is 84.9 Å². The van der Waals surface area contributed by atoms with Gasteiger partial charge in [0.05, 0.1) is 12.7 Å². The van der Waals surface area contributed by atoms with Crippen molar-refractivity contribution in [1.82, 2.24) is 0 Å². The molecule has 0 aromatic heterocycles. The Balaban J connectivity index is 2.10. The molecular formula is C27H34O2Si. The Morgan fingerprint density at radius 3 is 1.70 bits per heavy atom. The van der Waals surface area contributed by atoms with Gasteiger partial charge in [-0.1, -0.05) is 120 Å². The molecule has 3 aromatic carbocycles. The third kappa shape index (κ3) is 4.44. The standard InChI is InChI=1S/C27H34O2Si/c1-21(2)26(28)25-19-13-12-14-22(25)20-29-30(27(3,4)5,23-15-8-6-9-16-23)24-17-10-7-11-18-24/h6-19,21,26,28H,20H2,1-5H3/t26-/m0/s1. The molecule has 1 atom stereocenters. The normalized spacial score (nSPS) is 13.4. The SMILES string of the molecule is CC(C)[C@H](O)c1ccccc1CO[Si](c1ccccc1)(c1ccccc1)C(C)(C)C. The first-order chi connectivity index (χ1) is 14.3. The number of hydrogen-bond donors (Lipinski definition) is 1. The first kappa shape index (κ1) is 22.5. The second-order valence-corrected chi connectivity index (χ2v) is 13.6. The first-order valence-corrected chi connectivity index (χ1v) is 12.7. The topological polar surface area (TPSA) is 29.5 Å². The molecule has 0 radical (unpaired) electrons. The molecule has 30 heavy (non-hydrogen) atoms. The Hall–Kier alpha value is -2.20. The highest BCUT2D eigenvalue weighted by Gasteiger charge is 2.50. The molecule has 2 nitrogen and oxygen atoms in total. The van der Waals surface area contributed by atoms with Crippen LogP contribution >= 0.6 is 0 Å². The second kappa shape index (κ2) is 9.30. The van der Waals surface area contributed by atoms with E-state index >= 15 is 0 Å². The van der Waals surface area contributed by atoms with Gasteiger partial charge in [-0.3, -0.25) is 0 Å². The van der Waals surface area contributed by atoms with Crippen molar-refractivity contribution in [3.8, 4) is 0 Å². The van der Waals surface area contributed by atoms with Crippen molar-refractivity contribution in [3.05, 3.63) is 96.1 Å². The van der Waals surface area contributed by atoms with E-state index in [4.69, 9.17) is 4.43 Å². The zero-order valence-electron chi connectivity index (χ0n) is 18.8. The van der Waals surface area contributed by atoms with Crippen LogP contribution in [0.1, 0.15) is 51.8 Å². The van der Waals surface area contributed by atoms with Crippen LogP contribution in [-0.4, -0.2) is 13.4 Å². The van der Waals surface area contributed by atoms with E-state index in [-0.39, 0.29) is 11.0 Å². The van der Waals surface area contributed by atoms with Crippen LogP contribution in [0.5, 0.6) is 0 Å². The monoisotopic (exact) mass is 418 g/mol. The van der Waals surface area contributed by atoms with Crippen molar-refractivity contribution in [2.75, 3.05) is 0 Å². The molecule has 158 valence electrons. The molecule has 0 spiro atoms. The summed E-state index contributed by atoms with van der Waals surface area (Å²) in [6.07, 6.45) is -0.496. The average Bonchev–Trinajstić information content (AvgIpc) is 2.74. The molecule has 0 fully saturated rings. The van der Waals surface area contributed by atoms with Crippen LogP contribution in [0.3, 0.4) is 0 Å². The van der Waals surface area contributed by atoms with E-state index in [9.17, 15) is 5.11 Å². The zero-order valence-corrected chi connectivity index (χ0v) is 19.8. The summed E-state index contributed by atoms with van der Waals surface area (Å²) in [5, 5.41) is 13.2. The predicted octanol–water partition coefficient (Wildman–Crippen LogP) is 5.45. The molecule has 0 bridgehead atoms. The number of aliphatic hydroxyl groups excluding tert-OH is 1. The minimum absolute atomic E-state index is 0.0681. The Bertz CT molecular complexity index is 890. The van der Waals surface area contributed by atoms with Crippen LogP contribution in [0.25, 0.3) is 0 Å². The van der Waals surface area contributed by atoms with E-state index in [1.807, 2.05) is 32.0 Å². The summed E-state index contributed by atoms with van der Waals surface area (Å²) in [6, 6.07) is 29.5. The fourth-order valence-electron chi connectivity index (χ4n) is 4.26. The summed E-state index contributed by atoms with van der Waals surface area (Å²) in [5.41, 5.74) is 2.03. The van der Waals surface area contributed by atoms with Gasteiger partial charge in [0, 0.05) is 0 Å². The van der Waals surface area contributed by atoms with E-state index in [0.717, 1.165) is 11.1 Å². The molecule has 0 unspecified atom stereocenters. The summed E-state index contributed by atoms with van der Waals surface area (Å²) in [7, 11) is -2.60. The van der Waals surface area contributed by atoms with Gasteiger partial charge in [-0.25, -0.2) is 0 Å². The fourth-order valence-corrected chi connectivity index (χ4v) is 8.79. The average molecular weight is 419 g/mol. The highest BCUT2D eigenvalue weighted by atomic mass is 28.4. The Kier molecular flexibility index (Phi) is 6.97. The quantitative estimate of drug-likeness (QED) is 0.517. The van der Waals surface area contributed by atoms with Gasteiger partial charge in [0.2, 0.25) is 0 Å². The maximum atomic E-state index is 10.8. The molecular weight excluding hydrogens is 384 g/mol. The third-order valence-electron chi connectivity index (χ3n) is 5.87. The largest absolute Gasteiger partial charge is 0.403 e. The van der Waals surface area contributed by atoms with Gasteiger partial charge in [0.15, 0.2) is 0 Å². The lowest BCUT2D eigenvalue weighted by atomic mass is 9.95. The molecule has 0 saturated carbocycles. The van der Waals surface area contributed by atoms with Crippen LogP contribution in [-0.2, 0) is 11.0 Å². The molecule has 3 heteroatoms. The van der Waals surface area contributed by atoms with Gasteiger partial charge in [0.25, 0.3) is 8.32 Å². The summed E-state index contributed by atoms with van der Waals surface area (Å²) < 4.78 is 7.05. The second-order valence-electron chi connectivity index (χ2n) is 9.34. The Morgan fingerprint density at radius 1 is 0.767 bits per heavy atom. The Morgan fingerprint density at radius 2 is 1.23 bits per heavy atom. The lowest BCUT2D eigenvalue weighted by Gasteiger charge is -2.43. The smallest absolute Gasteiger partial charge is 0.261 e. The minimum Gasteiger partial charge on any atom is -0.403 e. The van der Waals surface area contributed by atoms with Crippen molar-refractivity contribution in [2.24, 2.45) is 5.92 Å². The lowest BCUT2D eigenvalue weighted by Crippen LogP contribution is -2.66. The summed E-state index contributed by atoms with van der Waals surface area (Å²) in [4.78, 5) is 0. The summed E-state index contributed by atoms with van der Waals surface area (Å²) >= 11 is 0. The van der Waals surface area contributed by atoms with Gasteiger partial charge in [0.1, 0.15) is 0 Å². The first-order valence-electron chi connectivity index (χ1n) is 10.8. The zero-order chi connectivity index (χ0) is 21.8. The predicted molar refractivity (Wildman–Crippen MR) is 129 cm³/mol. The number of hydrogen-bond acceptors (Lipinski definition) is 2. The summed E-state index contributed by atoms with van der Waals surface area (Å²) in [5.74, 6) is 0.152. The van der Waals surface area contributed by atoms with Crippen LogP contribution in [0.2, 0.25) is 5.04 Å². The molecule has 1 N–H and O–H groups in total. The van der Waals surface area contributed by atoms with Crippen molar-refractivity contribution in [1.29, 1.82) is 0 Å². The van der Waals surface area contributed by atoms with E-state index in [1.165, 1.54) is 10.4 Å². The molecule has 0 heterocycles. The fraction of sp³-hybridized carbons (Fsp3) is 0.333. The minimum atomic E-state index is -2.60. The maximum absolute atomic E-state index is 10.8. The van der Waals surface area contributed by atoms with Crippen molar-refractivity contribution < 1.29 is 9.53 Å². The van der Waals surface area contributed by atoms with Gasteiger partial charge in [-0.2, -0.15) is 0 Å². The van der Waals surface area contributed by atoms with Gasteiger partial charge in [-0.05, 0) is 32.5 Å². The molecule has 0 aliphatic rings. The number of aliphatic hydroxyl groups is 1. The molecule has 3 rings (SSSR count). The van der Waals surface area contributed by atoms with Gasteiger partial charge >= 0.3 is 0 Å². The van der Waals surface area contributed by atoms with E-state index in [1.54, 1.807) is 0 Å². The van der Waals surface area contributed by atoms with Crippen molar-refractivity contribution >= 4 is 18.7 Å². The van der Waals surface area contributed by atoms with Crippen molar-refractivity contribution in [3.63, 3.8) is 0 Å².